The van der Waals surface area contributed by atoms with Gasteiger partial charge in [0.2, 0.25) is 0 Å². The van der Waals surface area contributed by atoms with Gasteiger partial charge in [-0.3, -0.25) is 9.59 Å². The van der Waals surface area contributed by atoms with Crippen molar-refractivity contribution in [1.29, 1.82) is 0 Å². The molecule has 0 fully saturated rings. The first-order chi connectivity index (χ1) is 18.3. The van der Waals surface area contributed by atoms with E-state index in [1.54, 1.807) is 17.6 Å². The molecule has 39 heavy (non-hydrogen) atoms. The van der Waals surface area contributed by atoms with Gasteiger partial charge in [-0.05, 0) is 32.4 Å². The predicted octanol–water partition coefficient (Wildman–Crippen LogP) is 3.05. The largest absolute Gasteiger partial charge is 0.490 e. The third kappa shape index (κ3) is 4.14. The number of benzene rings is 1. The van der Waals surface area contributed by atoms with Crippen molar-refractivity contribution in [2.24, 2.45) is 5.73 Å². The van der Waals surface area contributed by atoms with E-state index in [0.717, 1.165) is 5.56 Å². The van der Waals surface area contributed by atoms with E-state index in [-0.39, 0.29) is 49.2 Å². The van der Waals surface area contributed by atoms with Crippen LogP contribution in [0, 0.1) is 5.82 Å². The zero-order chi connectivity index (χ0) is 28.4. The molecule has 10 heteroatoms. The number of aromatic nitrogens is 2. The maximum atomic E-state index is 15.5. The van der Waals surface area contributed by atoms with Crippen LogP contribution in [0.3, 0.4) is 0 Å². The Morgan fingerprint density at radius 1 is 1.36 bits per heavy atom. The van der Waals surface area contributed by atoms with Gasteiger partial charge in [-0.2, -0.15) is 0 Å². The number of esters is 1. The zero-order valence-electron chi connectivity index (χ0n) is 22.9. The van der Waals surface area contributed by atoms with Crippen molar-refractivity contribution in [1.82, 2.24) is 9.55 Å². The number of nitrogens with two attached hydrogens (primary N) is 1. The van der Waals surface area contributed by atoms with Crippen molar-refractivity contribution in [3.8, 4) is 17.1 Å². The summed E-state index contributed by atoms with van der Waals surface area (Å²) >= 11 is 0. The van der Waals surface area contributed by atoms with Gasteiger partial charge in [0, 0.05) is 22.6 Å². The number of aliphatic hydroxyl groups is 1. The molecule has 1 atom stereocenters. The molecule has 0 radical (unpaired) electrons. The van der Waals surface area contributed by atoms with Gasteiger partial charge in [0.25, 0.3) is 5.56 Å². The molecule has 0 aliphatic carbocycles. The Bertz CT molecular complexity index is 1610. The number of quaternary nitrogens is 1. The average Bonchev–Trinajstić information content (AvgIpc) is 3.25. The third-order valence-corrected chi connectivity index (χ3v) is 8.34. The summed E-state index contributed by atoms with van der Waals surface area (Å²) in [6, 6.07) is 5.09. The minimum absolute atomic E-state index is 0.0226. The maximum Gasteiger partial charge on any atom is 0.325 e. The van der Waals surface area contributed by atoms with Crippen molar-refractivity contribution in [3.05, 3.63) is 69.0 Å². The van der Waals surface area contributed by atoms with E-state index in [0.29, 0.717) is 50.0 Å². The summed E-state index contributed by atoms with van der Waals surface area (Å²) in [4.78, 5) is 30.5. The van der Waals surface area contributed by atoms with Crippen LogP contribution in [-0.4, -0.2) is 51.8 Å². The molecule has 3 N–H and O–H groups in total. The Labute approximate surface area is 225 Å². The van der Waals surface area contributed by atoms with E-state index >= 15 is 4.39 Å². The lowest BCUT2D eigenvalue weighted by molar-refractivity contribution is -0.924. The van der Waals surface area contributed by atoms with E-state index in [2.05, 4.69) is 20.4 Å². The van der Waals surface area contributed by atoms with Crippen molar-refractivity contribution in [3.63, 3.8) is 0 Å². The van der Waals surface area contributed by atoms with Gasteiger partial charge in [-0.1, -0.05) is 13.5 Å². The summed E-state index contributed by atoms with van der Waals surface area (Å²) in [7, 11) is 4.03. The van der Waals surface area contributed by atoms with Crippen LogP contribution in [0.4, 0.5) is 4.39 Å². The Kier molecular flexibility index (Phi) is 6.40. The lowest BCUT2D eigenvalue weighted by Crippen LogP contribution is -2.45. The highest BCUT2D eigenvalue weighted by molar-refractivity contribution is 5.89. The standard InChI is InChI=1S/C29H34FN4O5/c1-7-29(37)16(4)38-14-20-21(29)9-24-26-17(12-33(24)28(20)36)8-18-19(13-34(5,6)15(2)3)27(39-25(35)11-31)22(30)10-23(18)32-26/h8-10,15,37H,4,7,11-14,31H2,1-3,5-6H3/q+1/t29-/m1/s1. The topological polar surface area (TPSA) is 117 Å². The van der Waals surface area contributed by atoms with Crippen LogP contribution in [-0.2, 0) is 34.8 Å². The van der Waals surface area contributed by atoms with Crippen LogP contribution in [0.25, 0.3) is 22.3 Å². The minimum atomic E-state index is -1.50. The Hall–Kier alpha value is -3.60. The first kappa shape index (κ1) is 27.0. The molecule has 9 nitrogen and oxygen atoms in total. The molecule has 2 aromatic heterocycles. The van der Waals surface area contributed by atoms with Crippen LogP contribution in [0.15, 0.2) is 35.3 Å². The molecule has 0 saturated heterocycles. The molecule has 4 heterocycles. The molecule has 2 aliphatic rings. The van der Waals surface area contributed by atoms with E-state index in [1.165, 1.54) is 6.07 Å². The fourth-order valence-corrected chi connectivity index (χ4v) is 5.27. The molecule has 0 unspecified atom stereocenters. The lowest BCUT2D eigenvalue weighted by atomic mass is 9.84. The summed E-state index contributed by atoms with van der Waals surface area (Å²) in [5.74, 6) is -1.41. The number of hydrogen-bond acceptors (Lipinski definition) is 7. The molecule has 5 rings (SSSR count). The first-order valence-corrected chi connectivity index (χ1v) is 13.0. The van der Waals surface area contributed by atoms with Crippen LogP contribution < -0.4 is 16.0 Å². The highest BCUT2D eigenvalue weighted by Gasteiger charge is 2.41. The maximum absolute atomic E-state index is 15.5. The molecule has 1 aromatic carbocycles. The van der Waals surface area contributed by atoms with Crippen LogP contribution in [0.2, 0.25) is 0 Å². The monoisotopic (exact) mass is 537 g/mol. The fourth-order valence-electron chi connectivity index (χ4n) is 5.27. The Morgan fingerprint density at radius 3 is 2.72 bits per heavy atom. The summed E-state index contributed by atoms with van der Waals surface area (Å²) in [5, 5.41) is 12.0. The van der Waals surface area contributed by atoms with E-state index in [9.17, 15) is 14.7 Å². The summed E-state index contributed by atoms with van der Waals surface area (Å²) in [6.07, 6.45) is 0.280. The Balaban J connectivity index is 1.75. The Morgan fingerprint density at radius 2 is 2.08 bits per heavy atom. The van der Waals surface area contributed by atoms with Crippen LogP contribution in [0.1, 0.15) is 49.4 Å². The first-order valence-electron chi connectivity index (χ1n) is 13.0. The SMILES string of the molecule is C=C1OCc2c(cc3n(c2=O)Cc2cc4c(C[N+](C)(C)C(C)C)c(OC(=O)CN)c(F)cc4nc2-3)[C@@]1(O)CC. The smallest absolute Gasteiger partial charge is 0.325 e. The highest BCUT2D eigenvalue weighted by Crippen LogP contribution is 2.43. The molecular formula is C29H34FN4O5+. The quantitative estimate of drug-likeness (QED) is 0.221. The van der Waals surface area contributed by atoms with Crippen molar-refractivity contribution >= 4 is 16.9 Å². The lowest BCUT2D eigenvalue weighted by Gasteiger charge is -2.35. The number of rotatable bonds is 6. The van der Waals surface area contributed by atoms with Gasteiger partial charge in [0.1, 0.15) is 24.5 Å². The van der Waals surface area contributed by atoms with Gasteiger partial charge in [-0.15, -0.1) is 0 Å². The molecule has 0 saturated carbocycles. The van der Waals surface area contributed by atoms with Crippen molar-refractivity contribution in [2.75, 3.05) is 20.6 Å². The second kappa shape index (κ2) is 9.25. The van der Waals surface area contributed by atoms with E-state index in [4.69, 9.17) is 20.2 Å². The number of nitrogens with zero attached hydrogens (tertiary/aromatic N) is 3. The molecular weight excluding hydrogens is 503 g/mol. The fraction of sp³-hybridized carbons (Fsp3) is 0.414. The minimum Gasteiger partial charge on any atom is -0.490 e. The van der Waals surface area contributed by atoms with Crippen LogP contribution >= 0.6 is 0 Å². The van der Waals surface area contributed by atoms with E-state index < -0.39 is 17.4 Å². The van der Waals surface area contributed by atoms with Gasteiger partial charge in [-0.25, -0.2) is 9.37 Å². The number of ether oxygens (including phenoxy) is 2. The number of fused-ring (bicyclic) bond motifs is 5. The van der Waals surface area contributed by atoms with Crippen LogP contribution in [0.5, 0.6) is 5.75 Å². The third-order valence-electron chi connectivity index (χ3n) is 8.34. The zero-order valence-corrected chi connectivity index (χ0v) is 22.9. The summed E-state index contributed by atoms with van der Waals surface area (Å²) in [6.45, 7) is 10.0. The van der Waals surface area contributed by atoms with Gasteiger partial charge in [0.05, 0.1) is 61.3 Å². The molecule has 2 aliphatic heterocycles. The van der Waals surface area contributed by atoms with E-state index in [1.807, 2.05) is 20.2 Å². The number of pyridine rings is 2. The second-order valence-electron chi connectivity index (χ2n) is 11.2. The van der Waals surface area contributed by atoms with Gasteiger partial charge < -0.3 is 29.4 Å². The summed E-state index contributed by atoms with van der Waals surface area (Å²) in [5.41, 5.74) is 7.24. The molecule has 206 valence electrons. The van der Waals surface area contributed by atoms with Crippen molar-refractivity contribution in [2.45, 2.75) is 58.5 Å². The van der Waals surface area contributed by atoms with Gasteiger partial charge >= 0.3 is 5.97 Å². The molecule has 0 amide bonds. The number of carbonyl (C=O) groups excluding carboxylic acids is 1. The average molecular weight is 538 g/mol. The molecule has 3 aromatic rings. The molecule has 0 bridgehead atoms. The molecule has 0 spiro atoms. The highest BCUT2D eigenvalue weighted by atomic mass is 19.1. The number of carbonyl (C=O) groups is 1. The second-order valence-corrected chi connectivity index (χ2v) is 11.2. The number of hydrogen-bond donors (Lipinski definition) is 2. The normalized spacial score (nSPS) is 18.1. The van der Waals surface area contributed by atoms with Gasteiger partial charge in [0.15, 0.2) is 11.6 Å². The number of halogens is 1. The summed E-state index contributed by atoms with van der Waals surface area (Å²) < 4.78 is 28.6. The predicted molar refractivity (Wildman–Crippen MR) is 144 cm³/mol. The van der Waals surface area contributed by atoms with Crippen molar-refractivity contribution < 1.29 is 28.2 Å².